The first-order valence-electron chi connectivity index (χ1n) is 12.4. The van der Waals surface area contributed by atoms with Crippen molar-refractivity contribution in [3.63, 3.8) is 0 Å². The fourth-order valence-corrected chi connectivity index (χ4v) is 4.06. The molecule has 11 N–H and O–H groups in total. The lowest BCUT2D eigenvalue weighted by Gasteiger charge is -2.24. The molecule has 0 fully saturated rings. The van der Waals surface area contributed by atoms with Gasteiger partial charge in [0.15, 0.2) is 0 Å². The minimum atomic E-state index is -1.68. The van der Waals surface area contributed by atoms with Crippen LogP contribution in [0.15, 0.2) is 43.0 Å². The van der Waals surface area contributed by atoms with Crippen LogP contribution in [0.25, 0.3) is 10.9 Å². The largest absolute Gasteiger partial charge is 0.481 e. The van der Waals surface area contributed by atoms with Gasteiger partial charge in [-0.2, -0.15) is 0 Å². The number of carbonyl (C=O) groups excluding carboxylic acids is 4. The number of nitrogens with two attached hydrogens (primary N) is 2. The predicted octanol–water partition coefficient (Wildman–Crippen LogP) is -2.11. The maximum atomic E-state index is 13.3. The summed E-state index contributed by atoms with van der Waals surface area (Å²) in [4.78, 5) is 82.9. The Bertz CT molecular complexity index is 1420. The number of nitrogens with zero attached hydrogens (tertiary/aromatic N) is 1. The zero-order valence-corrected chi connectivity index (χ0v) is 21.6. The fraction of sp³-hybridized carbons (Fsp3) is 0.320. The van der Waals surface area contributed by atoms with Gasteiger partial charge in [0.25, 0.3) is 0 Å². The third-order valence-electron chi connectivity index (χ3n) is 6.10. The standard InChI is InChI=1S/C25H30N8O8/c26-15(7-20(27)34)22(37)31-18(8-21(35)36)24(39)32-17(6-13-10-28-11-30-13)23(38)33-19(25(40)41)5-12-9-29-16-4-2-1-3-14(12)16/h1-4,9-11,15,17-19,29H,5-8,26H2,(H2,27,34)(H,28,30)(H,31,37)(H,32,39)(H,33,38)(H,35,36)(H,40,41). The van der Waals surface area contributed by atoms with Crippen LogP contribution in [0.2, 0.25) is 0 Å². The van der Waals surface area contributed by atoms with E-state index in [2.05, 4.69) is 30.9 Å². The van der Waals surface area contributed by atoms with Gasteiger partial charge < -0.3 is 47.6 Å². The van der Waals surface area contributed by atoms with E-state index in [4.69, 9.17) is 11.5 Å². The number of hydrogen-bond acceptors (Lipinski definition) is 8. The van der Waals surface area contributed by atoms with Gasteiger partial charge in [0.2, 0.25) is 23.6 Å². The molecule has 0 aliphatic carbocycles. The maximum absolute atomic E-state index is 13.3. The lowest BCUT2D eigenvalue weighted by molar-refractivity contribution is -0.143. The Hall–Kier alpha value is -5.25. The highest BCUT2D eigenvalue weighted by molar-refractivity contribution is 5.96. The maximum Gasteiger partial charge on any atom is 0.326 e. The molecule has 0 saturated carbocycles. The average molecular weight is 571 g/mol. The molecule has 0 aliphatic heterocycles. The van der Waals surface area contributed by atoms with Crippen LogP contribution in [-0.2, 0) is 41.6 Å². The minimum absolute atomic E-state index is 0.0781. The Labute approximate surface area is 232 Å². The molecule has 16 heteroatoms. The zero-order chi connectivity index (χ0) is 30.1. The molecule has 0 bridgehead atoms. The quantitative estimate of drug-likeness (QED) is 0.0959. The molecule has 16 nitrogen and oxygen atoms in total. The Kier molecular flexibility index (Phi) is 10.1. The first-order valence-corrected chi connectivity index (χ1v) is 12.4. The van der Waals surface area contributed by atoms with Crippen molar-refractivity contribution >= 4 is 46.5 Å². The molecule has 0 spiro atoms. The molecule has 2 heterocycles. The smallest absolute Gasteiger partial charge is 0.326 e. The highest BCUT2D eigenvalue weighted by Gasteiger charge is 2.32. The summed E-state index contributed by atoms with van der Waals surface area (Å²) in [6.07, 6.45) is 2.67. The van der Waals surface area contributed by atoms with E-state index >= 15 is 0 Å². The fourth-order valence-electron chi connectivity index (χ4n) is 4.06. The van der Waals surface area contributed by atoms with Crippen LogP contribution in [0.5, 0.6) is 0 Å². The van der Waals surface area contributed by atoms with Gasteiger partial charge in [0.1, 0.15) is 18.1 Å². The summed E-state index contributed by atoms with van der Waals surface area (Å²) >= 11 is 0. The van der Waals surface area contributed by atoms with Gasteiger partial charge in [-0.05, 0) is 11.6 Å². The number of amides is 4. The molecule has 0 radical (unpaired) electrons. The number of primary amides is 1. The van der Waals surface area contributed by atoms with E-state index in [1.54, 1.807) is 18.3 Å². The van der Waals surface area contributed by atoms with Gasteiger partial charge in [-0.15, -0.1) is 0 Å². The molecule has 4 unspecified atom stereocenters. The van der Waals surface area contributed by atoms with Gasteiger partial charge in [-0.25, -0.2) is 9.78 Å². The molecule has 1 aromatic carbocycles. The highest BCUT2D eigenvalue weighted by atomic mass is 16.4. The van der Waals surface area contributed by atoms with Crippen LogP contribution in [0.3, 0.4) is 0 Å². The molecule has 4 amide bonds. The average Bonchev–Trinajstić information content (AvgIpc) is 3.56. The Balaban J connectivity index is 1.79. The molecule has 3 aromatic rings. The monoisotopic (exact) mass is 570 g/mol. The van der Waals surface area contributed by atoms with Crippen LogP contribution >= 0.6 is 0 Å². The van der Waals surface area contributed by atoms with E-state index in [1.807, 2.05) is 12.1 Å². The number of rotatable bonds is 15. The summed E-state index contributed by atoms with van der Waals surface area (Å²) in [5.74, 6) is -6.61. The van der Waals surface area contributed by atoms with E-state index < -0.39 is 72.6 Å². The normalized spacial score (nSPS) is 13.9. The topological polar surface area (TPSA) is 275 Å². The van der Waals surface area contributed by atoms with Crippen molar-refractivity contribution < 1.29 is 39.0 Å². The van der Waals surface area contributed by atoms with Crippen LogP contribution in [0, 0.1) is 0 Å². The number of carboxylic acid groups (broad SMARTS) is 2. The van der Waals surface area contributed by atoms with Gasteiger partial charge in [0.05, 0.1) is 25.2 Å². The molecule has 0 saturated heterocycles. The van der Waals surface area contributed by atoms with E-state index in [9.17, 15) is 39.0 Å². The summed E-state index contributed by atoms with van der Waals surface area (Å²) in [7, 11) is 0. The second kappa shape index (κ2) is 13.7. The van der Waals surface area contributed by atoms with Crippen LogP contribution < -0.4 is 27.4 Å². The SMILES string of the molecule is NC(=O)CC(N)C(=O)NC(CC(=O)O)C(=O)NC(Cc1cnc[nH]1)C(=O)NC(Cc1c[nH]c2ccccc12)C(=O)O. The first-order chi connectivity index (χ1) is 19.4. The summed E-state index contributed by atoms with van der Waals surface area (Å²) in [5, 5.41) is 26.8. The number of hydrogen-bond donors (Lipinski definition) is 9. The Morgan fingerprint density at radius 1 is 0.854 bits per heavy atom. The lowest BCUT2D eigenvalue weighted by Crippen LogP contribution is -2.58. The van der Waals surface area contributed by atoms with Crippen molar-refractivity contribution in [2.45, 2.75) is 49.9 Å². The Morgan fingerprint density at radius 2 is 1.51 bits per heavy atom. The number of para-hydroxylation sites is 1. The van der Waals surface area contributed by atoms with Crippen LogP contribution in [-0.4, -0.2) is 84.9 Å². The van der Waals surface area contributed by atoms with E-state index in [0.717, 1.165) is 10.9 Å². The second-order valence-corrected chi connectivity index (χ2v) is 9.24. The lowest BCUT2D eigenvalue weighted by atomic mass is 10.0. The number of aliphatic carboxylic acids is 2. The summed E-state index contributed by atoms with van der Waals surface area (Å²) in [5.41, 5.74) is 12.4. The van der Waals surface area contributed by atoms with Gasteiger partial charge in [-0.1, -0.05) is 18.2 Å². The number of H-pyrrole nitrogens is 2. The van der Waals surface area contributed by atoms with Crippen molar-refractivity contribution in [1.29, 1.82) is 0 Å². The Morgan fingerprint density at radius 3 is 2.15 bits per heavy atom. The molecular weight excluding hydrogens is 540 g/mol. The molecular formula is C25H30N8O8. The van der Waals surface area contributed by atoms with Crippen LogP contribution in [0.1, 0.15) is 24.1 Å². The predicted molar refractivity (Wildman–Crippen MR) is 142 cm³/mol. The van der Waals surface area contributed by atoms with Crippen molar-refractivity contribution in [2.75, 3.05) is 0 Å². The molecule has 4 atom stereocenters. The van der Waals surface area contributed by atoms with Gasteiger partial charge in [-0.3, -0.25) is 24.0 Å². The number of benzene rings is 1. The minimum Gasteiger partial charge on any atom is -0.481 e. The number of aromatic amines is 2. The molecule has 41 heavy (non-hydrogen) atoms. The number of carbonyl (C=O) groups is 6. The van der Waals surface area contributed by atoms with Crippen molar-refractivity contribution in [2.24, 2.45) is 11.5 Å². The number of carboxylic acids is 2. The molecule has 2 aromatic heterocycles. The number of imidazole rings is 1. The van der Waals surface area contributed by atoms with E-state index in [0.29, 0.717) is 11.3 Å². The number of aromatic nitrogens is 3. The zero-order valence-electron chi connectivity index (χ0n) is 21.6. The second-order valence-electron chi connectivity index (χ2n) is 9.24. The third-order valence-corrected chi connectivity index (χ3v) is 6.10. The van der Waals surface area contributed by atoms with Crippen molar-refractivity contribution in [3.8, 4) is 0 Å². The summed E-state index contributed by atoms with van der Waals surface area (Å²) in [6.45, 7) is 0. The molecule has 0 aliphatic rings. The summed E-state index contributed by atoms with van der Waals surface area (Å²) < 4.78 is 0. The van der Waals surface area contributed by atoms with Gasteiger partial charge in [0, 0.05) is 41.8 Å². The molecule has 218 valence electrons. The highest BCUT2D eigenvalue weighted by Crippen LogP contribution is 2.19. The molecule has 3 rings (SSSR count). The van der Waals surface area contributed by atoms with E-state index in [1.165, 1.54) is 12.5 Å². The van der Waals surface area contributed by atoms with Crippen LogP contribution in [0.4, 0.5) is 0 Å². The summed E-state index contributed by atoms with van der Waals surface area (Å²) in [6, 6.07) is 1.30. The van der Waals surface area contributed by atoms with Crippen molar-refractivity contribution in [1.82, 2.24) is 30.9 Å². The first kappa shape index (κ1) is 30.3. The van der Waals surface area contributed by atoms with Crippen molar-refractivity contribution in [3.05, 3.63) is 54.2 Å². The van der Waals surface area contributed by atoms with E-state index in [-0.39, 0.29) is 12.8 Å². The number of nitrogens with one attached hydrogen (secondary N) is 5. The number of fused-ring (bicyclic) bond motifs is 1. The third kappa shape index (κ3) is 8.62. The van der Waals surface area contributed by atoms with Gasteiger partial charge >= 0.3 is 11.9 Å².